The van der Waals surface area contributed by atoms with E-state index < -0.39 is 5.97 Å². The second kappa shape index (κ2) is 12.6. The molecule has 220 valence electrons. The molecule has 2 aliphatic heterocycles. The first-order chi connectivity index (χ1) is 19.0. The third kappa shape index (κ3) is 6.43. The molecule has 2 aromatic carbocycles. The van der Waals surface area contributed by atoms with E-state index in [4.69, 9.17) is 37.1 Å². The number of anilines is 2. The molecule has 2 aliphatic rings. The number of carbonyl (C=O) groups excluding carboxylic acids is 1. The lowest BCUT2D eigenvalue weighted by atomic mass is 9.84. The number of piperidine rings is 1. The molecule has 3 heterocycles. The molecule has 0 radical (unpaired) electrons. The Hall–Kier alpha value is -2.21. The van der Waals surface area contributed by atoms with E-state index in [0.717, 1.165) is 19.3 Å². The van der Waals surface area contributed by atoms with E-state index in [0.29, 0.717) is 40.2 Å². The maximum atomic E-state index is 12.9. The molecule has 1 saturated heterocycles. The van der Waals surface area contributed by atoms with Crippen LogP contribution in [0.5, 0.6) is 0 Å². The Bertz CT molecular complexity index is 1410. The van der Waals surface area contributed by atoms with Crippen molar-refractivity contribution in [2.45, 2.75) is 51.2 Å². The van der Waals surface area contributed by atoms with Gasteiger partial charge in [0.25, 0.3) is 0 Å². The monoisotopic (exact) mass is 635 g/mol. The number of ether oxygens (including phenoxy) is 1. The summed E-state index contributed by atoms with van der Waals surface area (Å²) in [6, 6.07) is 13.8. The van der Waals surface area contributed by atoms with Gasteiger partial charge in [-0.1, -0.05) is 53.5 Å². The van der Waals surface area contributed by atoms with Crippen molar-refractivity contribution >= 4 is 66.4 Å². The average molecular weight is 637 g/mol. The summed E-state index contributed by atoms with van der Waals surface area (Å²) in [5.74, 6) is -0.0439. The number of carbonyl (C=O) groups is 1. The molecule has 0 unspecified atom stereocenters. The van der Waals surface area contributed by atoms with Crippen LogP contribution in [0.25, 0.3) is 11.3 Å². The summed E-state index contributed by atoms with van der Waals surface area (Å²) in [6.07, 6.45) is 4.27. The standard InChI is InChI=1S/C29H33Cl2N5O3S.H2S/c1-28(2,3)39-40-34(4)36-23-12-7-6-9-19(23)17-29(36)13-15-35(16-14-29)26-25(27(37)38-5)33-22(18-32-26)20-10-8-11-21(30)24(20)31;/h6-12,18H,13-17H2,1-5H3;1H2. The fraction of sp³-hybridized carbons (Fsp3) is 0.414. The Morgan fingerprint density at radius 1 is 1.10 bits per heavy atom. The maximum Gasteiger partial charge on any atom is 0.360 e. The van der Waals surface area contributed by atoms with E-state index in [1.54, 1.807) is 24.4 Å². The van der Waals surface area contributed by atoms with Crippen LogP contribution < -0.4 is 9.91 Å². The van der Waals surface area contributed by atoms with E-state index in [2.05, 4.69) is 43.6 Å². The van der Waals surface area contributed by atoms with Crippen LogP contribution >= 0.6 is 48.9 Å². The first-order valence-corrected chi connectivity index (χ1v) is 14.6. The Labute approximate surface area is 263 Å². The number of halogens is 2. The van der Waals surface area contributed by atoms with Crippen molar-refractivity contribution in [1.82, 2.24) is 14.4 Å². The number of nitrogens with zero attached hydrogens (tertiary/aromatic N) is 5. The number of hydrazine groups is 1. The molecule has 8 nitrogen and oxygen atoms in total. The van der Waals surface area contributed by atoms with E-state index >= 15 is 0 Å². The maximum absolute atomic E-state index is 12.9. The summed E-state index contributed by atoms with van der Waals surface area (Å²) in [5, 5.41) is 3.15. The van der Waals surface area contributed by atoms with Crippen LogP contribution in [0.3, 0.4) is 0 Å². The van der Waals surface area contributed by atoms with Crippen molar-refractivity contribution in [1.29, 1.82) is 0 Å². The van der Waals surface area contributed by atoms with Gasteiger partial charge >= 0.3 is 5.97 Å². The number of hydrogen-bond acceptors (Lipinski definition) is 9. The van der Waals surface area contributed by atoms with Crippen LogP contribution in [0, 0.1) is 0 Å². The number of fused-ring (bicyclic) bond motifs is 1. The van der Waals surface area contributed by atoms with Gasteiger partial charge in [0.05, 0.1) is 45.9 Å². The number of methoxy groups -OCH3 is 1. The second-order valence-corrected chi connectivity index (χ2v) is 12.7. The molecule has 3 aromatic rings. The minimum absolute atomic E-state index is 0. The van der Waals surface area contributed by atoms with E-state index in [1.807, 2.05) is 27.8 Å². The van der Waals surface area contributed by atoms with Crippen LogP contribution in [0.15, 0.2) is 48.7 Å². The first-order valence-electron chi connectivity index (χ1n) is 13.2. The van der Waals surface area contributed by atoms with Gasteiger partial charge in [-0.15, -0.1) is 4.41 Å². The van der Waals surface area contributed by atoms with Crippen LogP contribution in [-0.2, 0) is 15.3 Å². The number of aromatic nitrogens is 2. The lowest BCUT2D eigenvalue weighted by Gasteiger charge is -2.48. The average Bonchev–Trinajstić information content (AvgIpc) is 3.25. The summed E-state index contributed by atoms with van der Waals surface area (Å²) >= 11 is 14.0. The zero-order valence-electron chi connectivity index (χ0n) is 23.8. The molecule has 5 rings (SSSR count). The Morgan fingerprint density at radius 2 is 1.80 bits per heavy atom. The Kier molecular flexibility index (Phi) is 9.72. The summed E-state index contributed by atoms with van der Waals surface area (Å²) in [5.41, 5.74) is 3.33. The van der Waals surface area contributed by atoms with Gasteiger partial charge in [-0.3, -0.25) is 9.19 Å². The molecule has 41 heavy (non-hydrogen) atoms. The van der Waals surface area contributed by atoms with Gasteiger partial charge in [0.15, 0.2) is 11.5 Å². The lowest BCUT2D eigenvalue weighted by Crippen LogP contribution is -2.58. The fourth-order valence-electron chi connectivity index (χ4n) is 5.40. The molecule has 1 spiro atoms. The largest absolute Gasteiger partial charge is 0.464 e. The molecule has 1 fully saturated rings. The van der Waals surface area contributed by atoms with Gasteiger partial charge in [-0.05, 0) is 57.7 Å². The SMILES string of the molecule is COC(=O)c1nc(-c2cccc(Cl)c2Cl)cnc1N1CCC2(CC1)Cc1ccccc1N2N(C)SOC(C)(C)C.S. The van der Waals surface area contributed by atoms with Gasteiger partial charge in [-0.2, -0.15) is 13.5 Å². The van der Waals surface area contributed by atoms with E-state index in [-0.39, 0.29) is 30.3 Å². The van der Waals surface area contributed by atoms with Gasteiger partial charge in [0.1, 0.15) is 12.2 Å². The smallest absolute Gasteiger partial charge is 0.360 e. The van der Waals surface area contributed by atoms with Crippen molar-refractivity contribution in [2.75, 3.05) is 37.2 Å². The summed E-state index contributed by atoms with van der Waals surface area (Å²) in [6.45, 7) is 7.53. The molecule has 0 bridgehead atoms. The summed E-state index contributed by atoms with van der Waals surface area (Å²) in [4.78, 5) is 24.3. The molecule has 0 aliphatic carbocycles. The number of benzene rings is 2. The van der Waals surface area contributed by atoms with Crippen LogP contribution in [0.2, 0.25) is 10.0 Å². The van der Waals surface area contributed by atoms with E-state index in [9.17, 15) is 4.79 Å². The third-order valence-electron chi connectivity index (χ3n) is 7.22. The number of hydrogen-bond donors (Lipinski definition) is 0. The minimum Gasteiger partial charge on any atom is -0.464 e. The number of esters is 1. The van der Waals surface area contributed by atoms with Crippen molar-refractivity contribution in [2.24, 2.45) is 0 Å². The zero-order valence-corrected chi connectivity index (χ0v) is 27.1. The molecular formula is C29H35Cl2N5O3S2. The molecule has 0 saturated carbocycles. The normalized spacial score (nSPS) is 16.1. The molecular weight excluding hydrogens is 601 g/mol. The lowest BCUT2D eigenvalue weighted by molar-refractivity contribution is 0.0594. The molecule has 1 aromatic heterocycles. The predicted molar refractivity (Wildman–Crippen MR) is 172 cm³/mol. The number of para-hydroxylation sites is 1. The predicted octanol–water partition coefficient (Wildman–Crippen LogP) is 6.98. The van der Waals surface area contributed by atoms with Crippen LogP contribution in [0.4, 0.5) is 11.5 Å². The zero-order chi connectivity index (χ0) is 28.7. The highest BCUT2D eigenvalue weighted by Gasteiger charge is 2.48. The highest BCUT2D eigenvalue weighted by atomic mass is 35.5. The van der Waals surface area contributed by atoms with Gasteiger partial charge < -0.3 is 9.64 Å². The van der Waals surface area contributed by atoms with Crippen molar-refractivity contribution in [3.05, 3.63) is 70.0 Å². The van der Waals surface area contributed by atoms with Crippen molar-refractivity contribution in [3.63, 3.8) is 0 Å². The van der Waals surface area contributed by atoms with E-state index in [1.165, 1.54) is 30.6 Å². The van der Waals surface area contributed by atoms with Crippen LogP contribution in [-0.4, -0.2) is 58.7 Å². The third-order valence-corrected chi connectivity index (χ3v) is 8.99. The summed E-state index contributed by atoms with van der Waals surface area (Å²) in [7, 11) is 3.39. The topological polar surface area (TPSA) is 71.0 Å². The fourth-order valence-corrected chi connectivity index (χ4v) is 6.46. The minimum atomic E-state index is -0.548. The molecule has 0 atom stereocenters. The highest BCUT2D eigenvalue weighted by molar-refractivity contribution is 7.92. The quantitative estimate of drug-likeness (QED) is 0.162. The first kappa shape index (κ1) is 31.7. The Morgan fingerprint density at radius 3 is 2.49 bits per heavy atom. The van der Waals surface area contributed by atoms with Gasteiger partial charge in [0.2, 0.25) is 0 Å². The van der Waals surface area contributed by atoms with Crippen molar-refractivity contribution in [3.8, 4) is 11.3 Å². The molecule has 12 heteroatoms. The second-order valence-electron chi connectivity index (χ2n) is 11.1. The van der Waals surface area contributed by atoms with Crippen LogP contribution in [0.1, 0.15) is 49.7 Å². The molecule has 0 amide bonds. The van der Waals surface area contributed by atoms with Gasteiger partial charge in [0, 0.05) is 25.7 Å². The highest BCUT2D eigenvalue weighted by Crippen LogP contribution is 2.47. The van der Waals surface area contributed by atoms with Crippen molar-refractivity contribution < 1.29 is 13.7 Å². The van der Waals surface area contributed by atoms with Gasteiger partial charge in [-0.25, -0.2) is 14.8 Å². The summed E-state index contributed by atoms with van der Waals surface area (Å²) < 4.78 is 13.3. The Balaban J connectivity index is 0.00000387. The number of rotatable bonds is 6. The molecule has 0 N–H and O–H groups in total.